The van der Waals surface area contributed by atoms with E-state index in [9.17, 15) is 13.6 Å². The predicted molar refractivity (Wildman–Crippen MR) is 111 cm³/mol. The van der Waals surface area contributed by atoms with Crippen LogP contribution in [0.5, 0.6) is 0 Å². The van der Waals surface area contributed by atoms with Gasteiger partial charge in [-0.3, -0.25) is 15.5 Å². The van der Waals surface area contributed by atoms with E-state index in [1.54, 1.807) is 4.90 Å². The second-order valence-electron chi connectivity index (χ2n) is 7.91. The van der Waals surface area contributed by atoms with Crippen LogP contribution in [0.4, 0.5) is 14.5 Å². The lowest BCUT2D eigenvalue weighted by Gasteiger charge is -2.39. The first-order chi connectivity index (χ1) is 13.7. The molecule has 154 valence electrons. The third-order valence-electron chi connectivity index (χ3n) is 5.93. The number of amidine groups is 1. The molecule has 4 rings (SSSR count). The number of amides is 1. The number of piperidine rings is 1. The first kappa shape index (κ1) is 20.0. The van der Waals surface area contributed by atoms with Gasteiger partial charge >= 0.3 is 0 Å². The summed E-state index contributed by atoms with van der Waals surface area (Å²) in [6.07, 6.45) is 2.43. The second kappa shape index (κ2) is 7.19. The molecule has 0 aromatic heterocycles. The number of carbonyl (C=O) groups is 1. The lowest BCUT2D eigenvalue weighted by molar-refractivity contribution is -0.116. The number of alkyl halides is 2. The maximum Gasteiger partial charge on any atom is 0.263 e. The number of halogens is 3. The maximum atomic E-state index is 14.1. The molecule has 0 spiro atoms. The largest absolute Gasteiger partial charge is 0.360 e. The first-order valence-corrected chi connectivity index (χ1v) is 10.3. The number of nitrogens with one attached hydrogen (secondary N) is 3. The lowest BCUT2D eigenvalue weighted by atomic mass is 9.94. The number of aliphatic imine (C=N–C) groups is 1. The number of guanidine groups is 1. The number of benzene rings is 1. The molecule has 3 aliphatic rings. The topological polar surface area (TPSA) is 80.6 Å². The molecule has 2 fully saturated rings. The van der Waals surface area contributed by atoms with E-state index in [0.717, 1.165) is 21.3 Å². The van der Waals surface area contributed by atoms with Crippen LogP contribution in [0.25, 0.3) is 0 Å². The van der Waals surface area contributed by atoms with Gasteiger partial charge in [0, 0.05) is 41.3 Å². The molecule has 1 saturated carbocycles. The molecule has 1 saturated heterocycles. The van der Waals surface area contributed by atoms with Crippen LogP contribution in [0.15, 0.2) is 33.4 Å². The molecule has 6 nitrogen and oxygen atoms in total. The zero-order valence-electron chi connectivity index (χ0n) is 16.2. The molecule has 2 heterocycles. The number of rotatable bonds is 2. The van der Waals surface area contributed by atoms with E-state index in [2.05, 4.69) is 31.6 Å². The molecule has 3 N–H and O–H groups in total. The summed E-state index contributed by atoms with van der Waals surface area (Å²) in [5.41, 5.74) is 2.93. The number of anilines is 1. The lowest BCUT2D eigenvalue weighted by Crippen LogP contribution is -2.56. The monoisotopic (exact) mass is 465 g/mol. The highest BCUT2D eigenvalue weighted by Crippen LogP contribution is 2.48. The standard InChI is InChI=1S/C20H22BrF2N5O/c1-10-5-14(21)6-11(2)16(10)25-7-15-17(24)26-19(27-18(15)29)28-8-12-3-4-13(9-28)20(12,22)23/h5-7,12-13,25H,3-4,8-9H2,1-2H3,(H2,24,26,27,29)/b15-7+. The van der Waals surface area contributed by atoms with Gasteiger partial charge < -0.3 is 10.2 Å². The highest BCUT2D eigenvalue weighted by molar-refractivity contribution is 9.10. The summed E-state index contributed by atoms with van der Waals surface area (Å²) in [4.78, 5) is 18.5. The Morgan fingerprint density at radius 3 is 2.41 bits per heavy atom. The number of aryl methyl sites for hydroxylation is 2. The van der Waals surface area contributed by atoms with Gasteiger partial charge in [-0.1, -0.05) is 15.9 Å². The van der Waals surface area contributed by atoms with Crippen molar-refractivity contribution in [2.45, 2.75) is 32.6 Å². The van der Waals surface area contributed by atoms with Gasteiger partial charge in [0.25, 0.3) is 11.8 Å². The minimum Gasteiger partial charge on any atom is -0.360 e. The van der Waals surface area contributed by atoms with Gasteiger partial charge in [0.05, 0.1) is 5.57 Å². The van der Waals surface area contributed by atoms with Crippen molar-refractivity contribution < 1.29 is 13.6 Å². The van der Waals surface area contributed by atoms with Crippen LogP contribution in [0.2, 0.25) is 0 Å². The number of hydrogen-bond acceptors (Lipinski definition) is 4. The normalized spacial score (nSPS) is 27.1. The number of nitrogens with zero attached hydrogens (tertiary/aromatic N) is 2. The number of likely N-dealkylation sites (tertiary alicyclic amines) is 1. The molecule has 2 unspecified atom stereocenters. The van der Waals surface area contributed by atoms with E-state index < -0.39 is 23.7 Å². The Morgan fingerprint density at radius 2 is 1.86 bits per heavy atom. The van der Waals surface area contributed by atoms with Gasteiger partial charge in [-0.15, -0.1) is 0 Å². The van der Waals surface area contributed by atoms with Gasteiger partial charge in [0.2, 0.25) is 5.96 Å². The third kappa shape index (κ3) is 3.56. The molecule has 9 heteroatoms. The third-order valence-corrected chi connectivity index (χ3v) is 6.39. The van der Waals surface area contributed by atoms with Crippen molar-refractivity contribution in [3.05, 3.63) is 39.5 Å². The second-order valence-corrected chi connectivity index (χ2v) is 8.82. The minimum atomic E-state index is -2.65. The summed E-state index contributed by atoms with van der Waals surface area (Å²) in [5.74, 6) is -4.56. The van der Waals surface area contributed by atoms with Crippen LogP contribution in [0.3, 0.4) is 0 Å². The Balaban J connectivity index is 1.52. The van der Waals surface area contributed by atoms with E-state index in [-0.39, 0.29) is 30.5 Å². The molecule has 1 amide bonds. The van der Waals surface area contributed by atoms with E-state index in [1.165, 1.54) is 6.20 Å². The Kier molecular flexibility index (Phi) is 4.96. The molecule has 1 aromatic rings. The van der Waals surface area contributed by atoms with Gasteiger partial charge in [-0.05, 0) is 49.9 Å². The molecular weight excluding hydrogens is 444 g/mol. The number of hydrogen-bond donors (Lipinski definition) is 3. The average Bonchev–Trinajstić information content (AvgIpc) is 2.80. The molecule has 0 radical (unpaired) electrons. The molecule has 2 atom stereocenters. The van der Waals surface area contributed by atoms with Crippen LogP contribution in [-0.2, 0) is 4.79 Å². The van der Waals surface area contributed by atoms with Crippen molar-refractivity contribution >= 4 is 39.3 Å². The van der Waals surface area contributed by atoms with E-state index >= 15 is 0 Å². The van der Waals surface area contributed by atoms with Gasteiger partial charge in [-0.2, -0.15) is 4.99 Å². The summed E-state index contributed by atoms with van der Waals surface area (Å²) in [5, 5.41) is 14.0. The van der Waals surface area contributed by atoms with Gasteiger partial charge in [-0.25, -0.2) is 8.78 Å². The highest BCUT2D eigenvalue weighted by Gasteiger charge is 2.56. The van der Waals surface area contributed by atoms with Crippen LogP contribution in [0, 0.1) is 31.1 Å². The summed E-state index contributed by atoms with van der Waals surface area (Å²) in [7, 11) is 0. The van der Waals surface area contributed by atoms with Gasteiger partial charge in [0.15, 0.2) is 5.84 Å². The van der Waals surface area contributed by atoms with E-state index in [0.29, 0.717) is 12.8 Å². The van der Waals surface area contributed by atoms with E-state index in [4.69, 9.17) is 5.41 Å². The number of carbonyl (C=O) groups excluding carboxylic acids is 1. The maximum absolute atomic E-state index is 14.1. The Bertz CT molecular complexity index is 919. The summed E-state index contributed by atoms with van der Waals surface area (Å²) < 4.78 is 29.3. The van der Waals surface area contributed by atoms with Crippen molar-refractivity contribution in [2.75, 3.05) is 18.4 Å². The summed E-state index contributed by atoms with van der Waals surface area (Å²) in [6, 6.07) is 3.91. The summed E-state index contributed by atoms with van der Waals surface area (Å²) >= 11 is 3.45. The Morgan fingerprint density at radius 1 is 1.28 bits per heavy atom. The SMILES string of the molecule is Cc1cc(Br)cc(C)c1N/C=C1\C(=N)N=C(N2CC3CCC(C2)C3(F)F)NC1=O. The average molecular weight is 466 g/mol. The zero-order valence-corrected chi connectivity index (χ0v) is 17.7. The molecular formula is C20H22BrF2N5O. The van der Waals surface area contributed by atoms with Crippen LogP contribution >= 0.6 is 15.9 Å². The van der Waals surface area contributed by atoms with Crippen molar-refractivity contribution in [1.29, 1.82) is 5.41 Å². The highest BCUT2D eigenvalue weighted by atomic mass is 79.9. The predicted octanol–water partition coefficient (Wildman–Crippen LogP) is 3.80. The smallest absolute Gasteiger partial charge is 0.263 e. The first-order valence-electron chi connectivity index (χ1n) is 9.52. The fourth-order valence-electron chi connectivity index (χ4n) is 4.36. The quantitative estimate of drug-likeness (QED) is 0.581. The number of fused-ring (bicyclic) bond motifs is 2. The van der Waals surface area contributed by atoms with Gasteiger partial charge in [0.1, 0.15) is 0 Å². The molecule has 2 aliphatic heterocycles. The van der Waals surface area contributed by atoms with Crippen LogP contribution < -0.4 is 10.6 Å². The molecule has 2 bridgehead atoms. The molecule has 1 aromatic carbocycles. The van der Waals surface area contributed by atoms with Crippen molar-refractivity contribution in [2.24, 2.45) is 16.8 Å². The van der Waals surface area contributed by atoms with Crippen LogP contribution in [0.1, 0.15) is 24.0 Å². The minimum absolute atomic E-state index is 0.0979. The van der Waals surface area contributed by atoms with Crippen molar-refractivity contribution in [3.8, 4) is 0 Å². The fourth-order valence-corrected chi connectivity index (χ4v) is 5.05. The van der Waals surface area contributed by atoms with E-state index in [1.807, 2.05) is 26.0 Å². The van der Waals surface area contributed by atoms with Crippen molar-refractivity contribution in [1.82, 2.24) is 10.2 Å². The Hall–Kier alpha value is -2.29. The zero-order chi connectivity index (χ0) is 20.9. The van der Waals surface area contributed by atoms with Crippen LogP contribution in [-0.4, -0.2) is 41.6 Å². The van der Waals surface area contributed by atoms with Crippen molar-refractivity contribution in [3.63, 3.8) is 0 Å². The molecule has 1 aliphatic carbocycles. The Labute approximate surface area is 176 Å². The fraction of sp³-hybridized carbons (Fsp3) is 0.450. The summed E-state index contributed by atoms with van der Waals surface area (Å²) in [6.45, 7) is 4.18. The molecule has 29 heavy (non-hydrogen) atoms.